The van der Waals surface area contributed by atoms with E-state index in [-0.39, 0.29) is 0 Å². The van der Waals surface area contributed by atoms with Crippen LogP contribution < -0.4 is 16.0 Å². The average molecular weight is 260 g/mol. The van der Waals surface area contributed by atoms with E-state index in [0.29, 0.717) is 6.04 Å². The maximum atomic E-state index is 5.97. The monoisotopic (exact) mass is 260 g/mol. The quantitative estimate of drug-likeness (QED) is 0.871. The normalized spacial score (nSPS) is 24.1. The molecule has 0 bridgehead atoms. The minimum Gasteiger partial charge on any atom is -0.370 e. The van der Waals surface area contributed by atoms with Crippen LogP contribution in [-0.2, 0) is 0 Å². The summed E-state index contributed by atoms with van der Waals surface area (Å²) >= 11 is 0. The van der Waals surface area contributed by atoms with Crippen molar-refractivity contribution < 1.29 is 0 Å². The molecular weight excluding hydrogens is 236 g/mol. The molecule has 1 saturated carbocycles. The number of nitrogens with two attached hydrogens (primary N) is 1. The fourth-order valence-electron chi connectivity index (χ4n) is 3.20. The van der Waals surface area contributed by atoms with Crippen LogP contribution in [0.1, 0.15) is 32.1 Å². The smallest absolute Gasteiger partial charge is 0.127 e. The second-order valence-corrected chi connectivity index (χ2v) is 5.93. The third-order valence-electron chi connectivity index (χ3n) is 4.38. The largest absolute Gasteiger partial charge is 0.370 e. The highest BCUT2D eigenvalue weighted by Gasteiger charge is 2.20. The van der Waals surface area contributed by atoms with Gasteiger partial charge in [-0.25, -0.2) is 4.98 Å². The second-order valence-electron chi connectivity index (χ2n) is 5.93. The van der Waals surface area contributed by atoms with Gasteiger partial charge >= 0.3 is 0 Å². The number of nitrogens with zero attached hydrogens (tertiary/aromatic N) is 2. The summed E-state index contributed by atoms with van der Waals surface area (Å²) in [6, 6.07) is 4.56. The summed E-state index contributed by atoms with van der Waals surface area (Å²) in [5.74, 6) is 1.84. The van der Waals surface area contributed by atoms with Gasteiger partial charge in [-0.05, 0) is 31.2 Å². The number of nitrogens with one attached hydrogen (secondary N) is 1. The fourth-order valence-corrected chi connectivity index (χ4v) is 3.20. The Labute approximate surface area is 115 Å². The van der Waals surface area contributed by atoms with E-state index < -0.39 is 0 Å². The molecule has 1 aliphatic carbocycles. The molecule has 2 fully saturated rings. The van der Waals surface area contributed by atoms with Gasteiger partial charge in [0, 0.05) is 43.6 Å². The Morgan fingerprint density at radius 2 is 2.16 bits per heavy atom. The fraction of sp³-hybridized carbons (Fsp3) is 0.667. The minimum absolute atomic E-state index is 0.322. The number of hydrogen-bond donors (Lipinski definition) is 2. The maximum absolute atomic E-state index is 5.97. The predicted octanol–water partition coefficient (Wildman–Crippen LogP) is 2.22. The first kappa shape index (κ1) is 12.7. The molecular formula is C15H24N4. The van der Waals surface area contributed by atoms with Crippen molar-refractivity contribution in [2.75, 3.05) is 29.9 Å². The van der Waals surface area contributed by atoms with Gasteiger partial charge in [0.25, 0.3) is 0 Å². The standard InChI is InChI=1S/C15H24N4/c16-13-6-8-19(11-13)14-5-7-17-15(9-14)18-10-12-3-1-2-4-12/h5,7,9,12-13H,1-4,6,8,10-11,16H2,(H,17,18). The van der Waals surface area contributed by atoms with Crippen LogP contribution in [0, 0.1) is 5.92 Å². The van der Waals surface area contributed by atoms with E-state index >= 15 is 0 Å². The molecule has 1 aromatic rings. The minimum atomic E-state index is 0.322. The molecule has 3 N–H and O–H groups in total. The maximum Gasteiger partial charge on any atom is 0.127 e. The Bertz CT molecular complexity index is 414. The van der Waals surface area contributed by atoms with Crippen LogP contribution in [-0.4, -0.2) is 30.7 Å². The predicted molar refractivity (Wildman–Crippen MR) is 79.5 cm³/mol. The summed E-state index contributed by atoms with van der Waals surface area (Å²) in [6.07, 6.45) is 8.52. The molecule has 1 saturated heterocycles. The summed E-state index contributed by atoms with van der Waals surface area (Å²) in [7, 11) is 0. The Balaban J connectivity index is 1.59. The van der Waals surface area contributed by atoms with Crippen LogP contribution in [0.2, 0.25) is 0 Å². The third-order valence-corrected chi connectivity index (χ3v) is 4.38. The highest BCUT2D eigenvalue weighted by atomic mass is 15.2. The number of pyridine rings is 1. The molecule has 104 valence electrons. The van der Waals surface area contributed by atoms with Crippen LogP contribution in [0.25, 0.3) is 0 Å². The molecule has 1 aromatic heterocycles. The zero-order chi connectivity index (χ0) is 13.1. The van der Waals surface area contributed by atoms with E-state index in [1.165, 1.54) is 31.4 Å². The third kappa shape index (κ3) is 3.18. The van der Waals surface area contributed by atoms with Crippen LogP contribution >= 0.6 is 0 Å². The van der Waals surface area contributed by atoms with Gasteiger partial charge in [0.1, 0.15) is 5.82 Å². The van der Waals surface area contributed by atoms with Crippen molar-refractivity contribution >= 4 is 11.5 Å². The molecule has 19 heavy (non-hydrogen) atoms. The van der Waals surface area contributed by atoms with Crippen molar-refractivity contribution in [3.63, 3.8) is 0 Å². The molecule has 1 unspecified atom stereocenters. The van der Waals surface area contributed by atoms with Crippen molar-refractivity contribution in [3.8, 4) is 0 Å². The second kappa shape index (κ2) is 5.78. The summed E-state index contributed by atoms with van der Waals surface area (Å²) in [5.41, 5.74) is 7.22. The van der Waals surface area contributed by atoms with E-state index in [2.05, 4.69) is 27.3 Å². The highest BCUT2D eigenvalue weighted by molar-refractivity contribution is 5.54. The first-order valence-corrected chi connectivity index (χ1v) is 7.52. The van der Waals surface area contributed by atoms with Gasteiger partial charge in [0.05, 0.1) is 0 Å². The van der Waals surface area contributed by atoms with Crippen LogP contribution in [0.3, 0.4) is 0 Å². The zero-order valence-electron chi connectivity index (χ0n) is 11.5. The lowest BCUT2D eigenvalue weighted by Crippen LogP contribution is -2.26. The Kier molecular flexibility index (Phi) is 3.87. The van der Waals surface area contributed by atoms with E-state index in [4.69, 9.17) is 5.73 Å². The van der Waals surface area contributed by atoms with E-state index in [1.807, 2.05) is 6.20 Å². The molecule has 4 heteroatoms. The van der Waals surface area contributed by atoms with Crippen molar-refractivity contribution in [2.45, 2.75) is 38.1 Å². The molecule has 2 aliphatic rings. The van der Waals surface area contributed by atoms with E-state index in [9.17, 15) is 0 Å². The van der Waals surface area contributed by atoms with Gasteiger partial charge in [-0.3, -0.25) is 0 Å². The van der Waals surface area contributed by atoms with E-state index in [0.717, 1.165) is 37.8 Å². The average Bonchev–Trinajstić information content (AvgIpc) is 3.08. The van der Waals surface area contributed by atoms with Gasteiger partial charge in [-0.2, -0.15) is 0 Å². The lowest BCUT2D eigenvalue weighted by Gasteiger charge is -2.19. The van der Waals surface area contributed by atoms with Crippen molar-refractivity contribution in [1.29, 1.82) is 0 Å². The van der Waals surface area contributed by atoms with Crippen LogP contribution in [0.15, 0.2) is 18.3 Å². The summed E-state index contributed by atoms with van der Waals surface area (Å²) in [4.78, 5) is 6.78. The lowest BCUT2D eigenvalue weighted by molar-refractivity contribution is 0.579. The first-order valence-electron chi connectivity index (χ1n) is 7.52. The Hall–Kier alpha value is -1.29. The Morgan fingerprint density at radius 1 is 1.32 bits per heavy atom. The van der Waals surface area contributed by atoms with Crippen molar-refractivity contribution in [1.82, 2.24) is 4.98 Å². The summed E-state index contributed by atoms with van der Waals surface area (Å²) in [5, 5.41) is 3.49. The zero-order valence-corrected chi connectivity index (χ0v) is 11.5. The number of aromatic nitrogens is 1. The summed E-state index contributed by atoms with van der Waals surface area (Å²) in [6.45, 7) is 3.09. The van der Waals surface area contributed by atoms with Gasteiger partial charge in [-0.15, -0.1) is 0 Å². The van der Waals surface area contributed by atoms with Crippen molar-refractivity contribution in [3.05, 3.63) is 18.3 Å². The molecule has 4 nitrogen and oxygen atoms in total. The summed E-state index contributed by atoms with van der Waals surface area (Å²) < 4.78 is 0. The first-order chi connectivity index (χ1) is 9.31. The molecule has 0 amide bonds. The molecule has 0 radical (unpaired) electrons. The van der Waals surface area contributed by atoms with Crippen molar-refractivity contribution in [2.24, 2.45) is 11.7 Å². The lowest BCUT2D eigenvalue weighted by atomic mass is 10.1. The van der Waals surface area contributed by atoms with Gasteiger partial charge in [-0.1, -0.05) is 12.8 Å². The number of anilines is 2. The van der Waals surface area contributed by atoms with Gasteiger partial charge in [0.2, 0.25) is 0 Å². The number of rotatable bonds is 4. The molecule has 3 rings (SSSR count). The van der Waals surface area contributed by atoms with Gasteiger partial charge < -0.3 is 16.0 Å². The molecule has 0 aromatic carbocycles. The van der Waals surface area contributed by atoms with Crippen LogP contribution in [0.5, 0.6) is 0 Å². The highest BCUT2D eigenvalue weighted by Crippen LogP contribution is 2.26. The van der Waals surface area contributed by atoms with Crippen LogP contribution in [0.4, 0.5) is 11.5 Å². The molecule has 2 heterocycles. The molecule has 0 spiro atoms. The van der Waals surface area contributed by atoms with Gasteiger partial charge in [0.15, 0.2) is 0 Å². The SMILES string of the molecule is NC1CCN(c2ccnc(NCC3CCCC3)c2)C1. The molecule has 1 aliphatic heterocycles. The number of hydrogen-bond acceptors (Lipinski definition) is 4. The Morgan fingerprint density at radius 3 is 2.89 bits per heavy atom. The van der Waals surface area contributed by atoms with E-state index in [1.54, 1.807) is 0 Å². The molecule has 1 atom stereocenters. The topological polar surface area (TPSA) is 54.2 Å².